The van der Waals surface area contributed by atoms with E-state index in [1.165, 1.54) is 66.8 Å². The summed E-state index contributed by atoms with van der Waals surface area (Å²) in [5.41, 5.74) is 28.9. The van der Waals surface area contributed by atoms with Crippen LogP contribution in [-0.2, 0) is 43.3 Å². The quantitative estimate of drug-likeness (QED) is 0.159. The molecule has 0 saturated carbocycles. The van der Waals surface area contributed by atoms with Crippen LogP contribution in [0.2, 0.25) is 0 Å². The first-order valence-corrected chi connectivity index (χ1v) is 30.3. The number of hydrogen-bond acceptors (Lipinski definition) is 4. The maximum absolute atomic E-state index is 3.81. The van der Waals surface area contributed by atoms with E-state index < -0.39 is 0 Å². The summed E-state index contributed by atoms with van der Waals surface area (Å²) in [6.45, 7) is 55.4. The van der Waals surface area contributed by atoms with E-state index in [1.54, 1.807) is 0 Å². The first-order chi connectivity index (χ1) is 37.7. The van der Waals surface area contributed by atoms with Crippen LogP contribution in [0, 0.1) is 0 Å². The molecule has 0 radical (unpaired) electrons. The van der Waals surface area contributed by atoms with Crippen LogP contribution >= 0.6 is 0 Å². The van der Waals surface area contributed by atoms with Crippen molar-refractivity contribution in [3.63, 3.8) is 0 Å². The van der Waals surface area contributed by atoms with Crippen molar-refractivity contribution in [3.8, 4) is 0 Å². The van der Waals surface area contributed by atoms with Gasteiger partial charge in [-0.1, -0.05) is 288 Å². The number of anilines is 2. The minimum atomic E-state index is 0.0125. The van der Waals surface area contributed by atoms with E-state index in [-0.39, 0.29) is 55.4 Å². The lowest BCUT2D eigenvalue weighted by Gasteiger charge is -2.36. The van der Waals surface area contributed by atoms with Crippen LogP contribution in [0.25, 0.3) is 12.2 Å². The standard InChI is InChI=1S/2C39H52N2/c1-36(2,3)30-20-16-21-31(37(4,5)6)29(30)25-24-27-26-34(41(40-27)28-18-14-13-15-19-28)35-32(38(7,8)9)22-17-23-33(35)39(10,11)12;1-36(2,3)28-19-22-33(38(7,8)9)27(24-28)18-21-30-26-35(41(40-30)31-16-14-13-15-17-31)32-25-29(37(4,5)6)20-23-34(32)39(10,11)12/h13-26,34,40H,1-12H3;13-26,35,40H,1-12H3. The molecular weight excluding hydrogens is 993 g/mol. The fourth-order valence-corrected chi connectivity index (χ4v) is 11.6. The maximum atomic E-state index is 3.81. The molecule has 6 aromatic rings. The van der Waals surface area contributed by atoms with Gasteiger partial charge in [-0.2, -0.15) is 0 Å². The van der Waals surface area contributed by atoms with Gasteiger partial charge in [0.2, 0.25) is 0 Å². The summed E-state index contributed by atoms with van der Waals surface area (Å²) in [6.07, 6.45) is 14.0. The number of para-hydroxylation sites is 2. The topological polar surface area (TPSA) is 30.5 Å². The third-order valence-electron chi connectivity index (χ3n) is 16.2. The van der Waals surface area contributed by atoms with Gasteiger partial charge in [0.25, 0.3) is 0 Å². The molecule has 0 bridgehead atoms. The predicted molar refractivity (Wildman–Crippen MR) is 359 cm³/mol. The Morgan fingerprint density at radius 1 is 0.317 bits per heavy atom. The molecule has 0 amide bonds. The van der Waals surface area contributed by atoms with Gasteiger partial charge in [0.1, 0.15) is 0 Å². The summed E-state index contributed by atoms with van der Waals surface area (Å²) in [5, 5.41) is 4.67. The maximum Gasteiger partial charge on any atom is 0.0963 e. The third kappa shape index (κ3) is 14.8. The number of benzene rings is 6. The SMILES string of the molecule is CC(C)(C)c1ccc(C(C)(C)C)c(C=CC2=CC(c3cc(C(C)(C)C)ccc3C(C)(C)C)N(c3ccccc3)N2)c1.CC(C)(C)c1cccc(C(C)(C)C)c1C=CC1=CC(c2c(C(C)(C)C)cccc2C(C)(C)C)N(c2ccccc2)N1. The monoisotopic (exact) mass is 1100 g/mol. The van der Waals surface area contributed by atoms with Crippen LogP contribution in [0.4, 0.5) is 11.4 Å². The second kappa shape index (κ2) is 23.3. The molecule has 0 aliphatic carbocycles. The Hall–Kier alpha value is -6.52. The van der Waals surface area contributed by atoms with E-state index >= 15 is 0 Å². The van der Waals surface area contributed by atoms with E-state index in [2.05, 4.69) is 357 Å². The first kappa shape index (κ1) is 63.1. The molecule has 4 nitrogen and oxygen atoms in total. The van der Waals surface area contributed by atoms with Gasteiger partial charge >= 0.3 is 0 Å². The molecule has 0 aromatic heterocycles. The molecule has 0 spiro atoms. The van der Waals surface area contributed by atoms with E-state index in [4.69, 9.17) is 0 Å². The molecule has 2 aliphatic rings. The molecule has 2 unspecified atom stereocenters. The van der Waals surface area contributed by atoms with Crippen molar-refractivity contribution in [1.82, 2.24) is 10.9 Å². The van der Waals surface area contributed by atoms with Crippen LogP contribution in [-0.4, -0.2) is 0 Å². The third-order valence-corrected chi connectivity index (χ3v) is 16.2. The average Bonchev–Trinajstić information content (AvgIpc) is 3.95. The Morgan fingerprint density at radius 3 is 1.10 bits per heavy atom. The average molecular weight is 1100 g/mol. The van der Waals surface area contributed by atoms with E-state index in [9.17, 15) is 0 Å². The molecule has 4 heteroatoms. The summed E-state index contributed by atoms with van der Waals surface area (Å²) >= 11 is 0. The lowest BCUT2D eigenvalue weighted by Crippen LogP contribution is -2.36. The zero-order valence-corrected chi connectivity index (χ0v) is 55.2. The van der Waals surface area contributed by atoms with E-state index in [0.29, 0.717) is 0 Å². The normalized spacial score (nSPS) is 16.7. The highest BCUT2D eigenvalue weighted by Crippen LogP contribution is 2.45. The Labute approximate surface area is 499 Å². The van der Waals surface area contributed by atoms with Gasteiger partial charge in [-0.15, -0.1) is 0 Å². The Balaban J connectivity index is 0.000000236. The van der Waals surface area contributed by atoms with Gasteiger partial charge < -0.3 is 0 Å². The molecule has 2 aliphatic heterocycles. The lowest BCUT2D eigenvalue weighted by atomic mass is 9.74. The Morgan fingerprint density at radius 2 is 0.683 bits per heavy atom. The van der Waals surface area contributed by atoms with E-state index in [0.717, 1.165) is 22.8 Å². The summed E-state index contributed by atoms with van der Waals surface area (Å²) in [5.74, 6) is 0. The van der Waals surface area contributed by atoms with Crippen molar-refractivity contribution in [2.45, 2.75) is 222 Å². The first-order valence-electron chi connectivity index (χ1n) is 30.3. The lowest BCUT2D eigenvalue weighted by molar-refractivity contribution is 0.542. The summed E-state index contributed by atoms with van der Waals surface area (Å²) in [4.78, 5) is 0. The number of allylic oxidation sites excluding steroid dienone is 2. The second-order valence-corrected chi connectivity index (χ2v) is 31.6. The minimum Gasteiger partial charge on any atom is -0.298 e. The van der Waals surface area contributed by atoms with Crippen molar-refractivity contribution >= 4 is 23.5 Å². The fraction of sp³-hybridized carbons (Fsp3) is 0.436. The van der Waals surface area contributed by atoms with Gasteiger partial charge in [0.05, 0.1) is 34.9 Å². The van der Waals surface area contributed by atoms with Crippen LogP contribution in [0.3, 0.4) is 0 Å². The summed E-state index contributed by atoms with van der Waals surface area (Å²) < 4.78 is 0. The second-order valence-electron chi connectivity index (χ2n) is 31.6. The molecule has 6 aromatic carbocycles. The van der Waals surface area contributed by atoms with Gasteiger partial charge in [-0.05, 0) is 159 Å². The fourth-order valence-electron chi connectivity index (χ4n) is 11.6. The number of nitrogens with zero attached hydrogens (tertiary/aromatic N) is 2. The Bertz CT molecular complexity index is 3240. The molecule has 2 heterocycles. The predicted octanol–water partition coefficient (Wildman–Crippen LogP) is 21.1. The highest BCUT2D eigenvalue weighted by Gasteiger charge is 2.36. The van der Waals surface area contributed by atoms with Crippen LogP contribution in [0.1, 0.15) is 245 Å². The Kier molecular flexibility index (Phi) is 17.9. The molecular formula is C78H104N4. The molecule has 8 rings (SSSR count). The van der Waals surface area contributed by atoms with Crippen LogP contribution < -0.4 is 20.9 Å². The molecule has 0 saturated heterocycles. The number of hydrazine groups is 2. The summed E-state index contributed by atoms with van der Waals surface area (Å²) in [6, 6.07) is 49.4. The van der Waals surface area contributed by atoms with Gasteiger partial charge in [0.15, 0.2) is 0 Å². The minimum absolute atomic E-state index is 0.0125. The van der Waals surface area contributed by atoms with Crippen molar-refractivity contribution in [2.24, 2.45) is 0 Å². The number of hydrogen-bond donors (Lipinski definition) is 2. The van der Waals surface area contributed by atoms with Crippen molar-refractivity contribution in [2.75, 3.05) is 10.0 Å². The highest BCUT2D eigenvalue weighted by atomic mass is 15.5. The molecule has 82 heavy (non-hydrogen) atoms. The van der Waals surface area contributed by atoms with Gasteiger partial charge in [0, 0.05) is 0 Å². The zero-order valence-electron chi connectivity index (χ0n) is 55.2. The molecule has 0 fully saturated rings. The molecule has 2 atom stereocenters. The largest absolute Gasteiger partial charge is 0.298 e. The highest BCUT2D eigenvalue weighted by molar-refractivity contribution is 5.67. The van der Waals surface area contributed by atoms with Crippen molar-refractivity contribution in [1.29, 1.82) is 0 Å². The number of rotatable bonds is 8. The van der Waals surface area contributed by atoms with Crippen LogP contribution in [0.5, 0.6) is 0 Å². The van der Waals surface area contributed by atoms with Crippen molar-refractivity contribution < 1.29 is 0 Å². The number of nitrogens with one attached hydrogen (secondary N) is 2. The zero-order chi connectivity index (χ0) is 60.8. The van der Waals surface area contributed by atoms with E-state index in [1.807, 2.05) is 0 Å². The van der Waals surface area contributed by atoms with Crippen LogP contribution in [0.15, 0.2) is 169 Å². The smallest absolute Gasteiger partial charge is 0.0963 e. The molecule has 436 valence electrons. The van der Waals surface area contributed by atoms with Gasteiger partial charge in [-0.3, -0.25) is 20.9 Å². The van der Waals surface area contributed by atoms with Crippen molar-refractivity contribution in [3.05, 3.63) is 236 Å². The van der Waals surface area contributed by atoms with Gasteiger partial charge in [-0.25, -0.2) is 0 Å². The molecule has 2 N–H and O–H groups in total. The summed E-state index contributed by atoms with van der Waals surface area (Å²) in [7, 11) is 0.